The van der Waals surface area contributed by atoms with Crippen LogP contribution in [-0.4, -0.2) is 29.6 Å². The van der Waals surface area contributed by atoms with Crippen LogP contribution in [0.2, 0.25) is 0 Å². The molecule has 2 heteroatoms. The van der Waals surface area contributed by atoms with Gasteiger partial charge in [-0.3, -0.25) is 0 Å². The van der Waals surface area contributed by atoms with E-state index in [0.29, 0.717) is 17.7 Å². The van der Waals surface area contributed by atoms with Crippen LogP contribution in [-0.2, 0) is 5.41 Å². The summed E-state index contributed by atoms with van der Waals surface area (Å²) in [6, 6.07) is 6.50. The SMILES string of the molecule is C[C@@H]1c2ccc(O)cc2[C@]2(C)CCN(C)[C@H]12. The fraction of sp³-hybridized carbons (Fsp3) is 0.571. The maximum absolute atomic E-state index is 9.67. The molecular weight excluding hydrogens is 198 g/mol. The van der Waals surface area contributed by atoms with Crippen molar-refractivity contribution in [3.8, 4) is 5.75 Å². The van der Waals surface area contributed by atoms with Gasteiger partial charge in [-0.15, -0.1) is 0 Å². The molecule has 0 bridgehead atoms. The molecule has 3 atom stereocenters. The number of fused-ring (bicyclic) bond motifs is 3. The highest BCUT2D eigenvalue weighted by atomic mass is 16.3. The Balaban J connectivity index is 2.20. The van der Waals surface area contributed by atoms with Gasteiger partial charge in [-0.25, -0.2) is 0 Å². The highest BCUT2D eigenvalue weighted by Crippen LogP contribution is 2.53. The first-order valence-corrected chi connectivity index (χ1v) is 6.07. The minimum Gasteiger partial charge on any atom is -0.508 e. The van der Waals surface area contributed by atoms with E-state index in [2.05, 4.69) is 31.9 Å². The van der Waals surface area contributed by atoms with Gasteiger partial charge >= 0.3 is 0 Å². The fourth-order valence-electron chi connectivity index (χ4n) is 4.02. The summed E-state index contributed by atoms with van der Waals surface area (Å²) in [6.07, 6.45) is 1.20. The third-order valence-corrected chi connectivity index (χ3v) is 4.73. The highest BCUT2D eigenvalue weighted by molar-refractivity contribution is 5.49. The monoisotopic (exact) mass is 217 g/mol. The highest BCUT2D eigenvalue weighted by Gasteiger charge is 2.52. The molecule has 16 heavy (non-hydrogen) atoms. The zero-order valence-corrected chi connectivity index (χ0v) is 10.2. The largest absolute Gasteiger partial charge is 0.508 e. The molecule has 1 aliphatic heterocycles. The predicted octanol–water partition coefficient (Wildman–Crippen LogP) is 2.47. The summed E-state index contributed by atoms with van der Waals surface area (Å²) in [7, 11) is 2.22. The van der Waals surface area contributed by atoms with E-state index in [9.17, 15) is 5.11 Å². The van der Waals surface area contributed by atoms with Gasteiger partial charge in [0, 0.05) is 11.5 Å². The van der Waals surface area contributed by atoms with Crippen molar-refractivity contribution in [3.05, 3.63) is 29.3 Å². The number of nitrogens with zero attached hydrogens (tertiary/aromatic N) is 1. The van der Waals surface area contributed by atoms with Crippen molar-refractivity contribution in [2.24, 2.45) is 0 Å². The van der Waals surface area contributed by atoms with Crippen molar-refractivity contribution in [1.29, 1.82) is 0 Å². The zero-order chi connectivity index (χ0) is 11.5. The Morgan fingerprint density at radius 2 is 2.19 bits per heavy atom. The number of benzene rings is 1. The van der Waals surface area contributed by atoms with Crippen molar-refractivity contribution in [3.63, 3.8) is 0 Å². The summed E-state index contributed by atoms with van der Waals surface area (Å²) < 4.78 is 0. The number of likely N-dealkylation sites (N-methyl/N-ethyl adjacent to an activating group) is 1. The number of phenolic OH excluding ortho intramolecular Hbond substituents is 1. The van der Waals surface area contributed by atoms with Crippen molar-refractivity contribution < 1.29 is 5.11 Å². The van der Waals surface area contributed by atoms with Gasteiger partial charge in [-0.05, 0) is 49.2 Å². The lowest BCUT2D eigenvalue weighted by Crippen LogP contribution is -2.37. The predicted molar refractivity (Wildman–Crippen MR) is 64.9 cm³/mol. The molecule has 1 heterocycles. The standard InChI is InChI=1S/C14H19NO/c1-9-11-5-4-10(16)8-12(11)14(2)6-7-15(3)13(9)14/h4-5,8-9,13,16H,6-7H2,1-3H3/t9-,13-,14+/m1/s1. The van der Waals surface area contributed by atoms with Gasteiger partial charge < -0.3 is 10.0 Å². The number of rotatable bonds is 0. The summed E-state index contributed by atoms with van der Waals surface area (Å²) >= 11 is 0. The average Bonchev–Trinajstić information content (AvgIpc) is 2.65. The van der Waals surface area contributed by atoms with Gasteiger partial charge in [-0.1, -0.05) is 19.9 Å². The first kappa shape index (κ1) is 10.2. The maximum atomic E-state index is 9.67. The van der Waals surface area contributed by atoms with E-state index in [-0.39, 0.29) is 5.41 Å². The van der Waals surface area contributed by atoms with Crippen LogP contribution in [0.4, 0.5) is 0 Å². The van der Waals surface area contributed by atoms with E-state index in [0.717, 1.165) is 0 Å². The second-order valence-electron chi connectivity index (χ2n) is 5.65. The van der Waals surface area contributed by atoms with Gasteiger partial charge in [0.15, 0.2) is 0 Å². The summed E-state index contributed by atoms with van der Waals surface area (Å²) in [6.45, 7) is 5.83. The van der Waals surface area contributed by atoms with Crippen LogP contribution in [0.5, 0.6) is 5.75 Å². The van der Waals surface area contributed by atoms with E-state index in [1.165, 1.54) is 24.1 Å². The van der Waals surface area contributed by atoms with Crippen LogP contribution in [0.1, 0.15) is 37.3 Å². The Kier molecular flexibility index (Phi) is 1.91. The second-order valence-corrected chi connectivity index (χ2v) is 5.65. The van der Waals surface area contributed by atoms with Gasteiger partial charge in [-0.2, -0.15) is 0 Å². The molecule has 0 saturated carbocycles. The summed E-state index contributed by atoms with van der Waals surface area (Å²) in [5.41, 5.74) is 3.04. The summed E-state index contributed by atoms with van der Waals surface area (Å²) in [5.74, 6) is 0.982. The molecule has 2 aliphatic rings. The van der Waals surface area contributed by atoms with Crippen LogP contribution < -0.4 is 0 Å². The van der Waals surface area contributed by atoms with Gasteiger partial charge in [0.2, 0.25) is 0 Å². The van der Waals surface area contributed by atoms with Crippen LogP contribution in [0.3, 0.4) is 0 Å². The van der Waals surface area contributed by atoms with E-state index < -0.39 is 0 Å². The molecule has 0 aromatic heterocycles. The molecule has 0 unspecified atom stereocenters. The summed E-state index contributed by atoms with van der Waals surface area (Å²) in [4.78, 5) is 2.47. The number of hydrogen-bond donors (Lipinski definition) is 1. The van der Waals surface area contributed by atoms with Crippen LogP contribution in [0.25, 0.3) is 0 Å². The Labute approximate surface area is 96.9 Å². The van der Waals surface area contributed by atoms with Crippen molar-refractivity contribution in [2.45, 2.75) is 37.6 Å². The third kappa shape index (κ3) is 1.06. The Morgan fingerprint density at radius 1 is 1.44 bits per heavy atom. The summed E-state index contributed by atoms with van der Waals surface area (Å²) in [5, 5.41) is 9.67. The zero-order valence-electron chi connectivity index (χ0n) is 10.2. The van der Waals surface area contributed by atoms with Gasteiger partial charge in [0.05, 0.1) is 0 Å². The molecule has 1 fully saturated rings. The number of likely N-dealkylation sites (tertiary alicyclic amines) is 1. The van der Waals surface area contributed by atoms with Crippen molar-refractivity contribution in [1.82, 2.24) is 4.90 Å². The van der Waals surface area contributed by atoms with Crippen LogP contribution >= 0.6 is 0 Å². The Hall–Kier alpha value is -1.02. The number of phenols is 1. The van der Waals surface area contributed by atoms with Crippen molar-refractivity contribution >= 4 is 0 Å². The van der Waals surface area contributed by atoms with E-state index in [1.807, 2.05) is 12.1 Å². The number of hydrogen-bond acceptors (Lipinski definition) is 2. The van der Waals surface area contributed by atoms with Crippen molar-refractivity contribution in [2.75, 3.05) is 13.6 Å². The van der Waals surface area contributed by atoms with E-state index >= 15 is 0 Å². The molecule has 86 valence electrons. The fourth-order valence-corrected chi connectivity index (χ4v) is 4.02. The molecule has 1 N–H and O–H groups in total. The molecule has 1 aliphatic carbocycles. The maximum Gasteiger partial charge on any atom is 0.115 e. The molecule has 3 rings (SSSR count). The van der Waals surface area contributed by atoms with Crippen LogP contribution in [0.15, 0.2) is 18.2 Å². The molecular formula is C14H19NO. The topological polar surface area (TPSA) is 23.5 Å². The smallest absolute Gasteiger partial charge is 0.115 e. The van der Waals surface area contributed by atoms with E-state index in [1.54, 1.807) is 0 Å². The molecule has 2 nitrogen and oxygen atoms in total. The molecule has 0 spiro atoms. The van der Waals surface area contributed by atoms with Crippen LogP contribution in [0, 0.1) is 0 Å². The lowest BCUT2D eigenvalue weighted by atomic mass is 9.80. The molecule has 0 amide bonds. The lowest BCUT2D eigenvalue weighted by molar-refractivity contribution is 0.244. The quantitative estimate of drug-likeness (QED) is 0.721. The molecule has 0 radical (unpaired) electrons. The average molecular weight is 217 g/mol. The van der Waals surface area contributed by atoms with E-state index in [4.69, 9.17) is 0 Å². The number of aromatic hydroxyl groups is 1. The minimum atomic E-state index is 0.238. The first-order chi connectivity index (χ1) is 7.54. The normalized spacial score (nSPS) is 37.4. The Bertz CT molecular complexity index is 442. The third-order valence-electron chi connectivity index (χ3n) is 4.73. The first-order valence-electron chi connectivity index (χ1n) is 6.07. The van der Waals surface area contributed by atoms with Gasteiger partial charge in [0.1, 0.15) is 5.75 Å². The second kappa shape index (κ2) is 3.01. The molecule has 1 aromatic carbocycles. The minimum absolute atomic E-state index is 0.238. The molecule has 1 saturated heterocycles. The lowest BCUT2D eigenvalue weighted by Gasteiger charge is -2.30. The van der Waals surface area contributed by atoms with Gasteiger partial charge in [0.25, 0.3) is 0 Å². The Morgan fingerprint density at radius 3 is 2.94 bits per heavy atom. The molecule has 1 aromatic rings.